The second kappa shape index (κ2) is 6.24. The van der Waals surface area contributed by atoms with Crippen LogP contribution in [0.15, 0.2) is 30.7 Å². The van der Waals surface area contributed by atoms with Gasteiger partial charge in [-0.3, -0.25) is 4.79 Å². The van der Waals surface area contributed by atoms with Gasteiger partial charge in [0.25, 0.3) is 5.91 Å². The molecule has 1 N–H and O–H groups in total. The van der Waals surface area contributed by atoms with Crippen molar-refractivity contribution in [1.29, 1.82) is 0 Å². The zero-order valence-electron chi connectivity index (χ0n) is 12.1. The summed E-state index contributed by atoms with van der Waals surface area (Å²) in [5.41, 5.74) is 1.54. The summed E-state index contributed by atoms with van der Waals surface area (Å²) in [5, 5.41) is 1.01. The third-order valence-electron chi connectivity index (χ3n) is 3.22. The number of carbonyl (C=O) groups excluding carboxylic acids is 1. The Morgan fingerprint density at radius 1 is 1.36 bits per heavy atom. The normalized spacial score (nSPS) is 10.9. The highest BCUT2D eigenvalue weighted by Crippen LogP contribution is 2.33. The molecule has 1 amide bonds. The number of halogens is 1. The Labute approximate surface area is 141 Å². The molecule has 3 rings (SSSR count). The van der Waals surface area contributed by atoms with Gasteiger partial charge in [-0.15, -0.1) is 22.7 Å². The SMILES string of the molecule is Cc1ncc(CN(C)C(=O)c2c[nH]cc2-c2ccc(Cl)s2)s1. The quantitative estimate of drug-likeness (QED) is 0.755. The fourth-order valence-electron chi connectivity index (χ4n) is 2.19. The number of carbonyl (C=O) groups is 1. The summed E-state index contributed by atoms with van der Waals surface area (Å²) in [7, 11) is 1.80. The lowest BCUT2D eigenvalue weighted by atomic mass is 10.1. The van der Waals surface area contributed by atoms with E-state index in [4.69, 9.17) is 11.6 Å². The van der Waals surface area contributed by atoms with Gasteiger partial charge in [-0.2, -0.15) is 0 Å². The molecular formula is C15H14ClN3OS2. The topological polar surface area (TPSA) is 49.0 Å². The highest BCUT2D eigenvalue weighted by molar-refractivity contribution is 7.19. The molecule has 0 aromatic carbocycles. The molecule has 0 aliphatic rings. The van der Waals surface area contributed by atoms with Crippen molar-refractivity contribution in [2.75, 3.05) is 7.05 Å². The molecule has 0 fully saturated rings. The molecule has 0 aliphatic heterocycles. The standard InChI is InChI=1S/C15H14ClN3OS2/c1-9-18-5-10(21-9)8-19(2)15(20)12-7-17-6-11(12)13-3-4-14(16)22-13/h3-7,17H,8H2,1-2H3. The van der Waals surface area contributed by atoms with Crippen LogP contribution in [0, 0.1) is 6.92 Å². The van der Waals surface area contributed by atoms with E-state index < -0.39 is 0 Å². The minimum atomic E-state index is -0.0215. The van der Waals surface area contributed by atoms with Crippen molar-refractivity contribution < 1.29 is 4.79 Å². The van der Waals surface area contributed by atoms with Crippen molar-refractivity contribution >= 4 is 40.2 Å². The molecule has 0 saturated heterocycles. The van der Waals surface area contributed by atoms with E-state index in [1.165, 1.54) is 11.3 Å². The second-order valence-electron chi connectivity index (χ2n) is 4.89. The van der Waals surface area contributed by atoms with Crippen molar-refractivity contribution in [3.63, 3.8) is 0 Å². The highest BCUT2D eigenvalue weighted by Gasteiger charge is 2.19. The predicted octanol–water partition coefficient (Wildman–Crippen LogP) is 4.43. The third kappa shape index (κ3) is 3.09. The monoisotopic (exact) mass is 351 g/mol. The summed E-state index contributed by atoms with van der Waals surface area (Å²) in [5.74, 6) is -0.0215. The van der Waals surface area contributed by atoms with E-state index in [9.17, 15) is 4.79 Å². The van der Waals surface area contributed by atoms with Crippen molar-refractivity contribution in [1.82, 2.24) is 14.9 Å². The van der Waals surface area contributed by atoms with Gasteiger partial charge in [-0.1, -0.05) is 11.6 Å². The van der Waals surface area contributed by atoms with Crippen LogP contribution in [-0.4, -0.2) is 27.8 Å². The molecule has 0 aliphatic carbocycles. The van der Waals surface area contributed by atoms with E-state index in [2.05, 4.69) is 9.97 Å². The lowest BCUT2D eigenvalue weighted by molar-refractivity contribution is 0.0787. The third-order valence-corrected chi connectivity index (χ3v) is 5.39. The van der Waals surface area contributed by atoms with Crippen molar-refractivity contribution in [3.05, 3.63) is 50.5 Å². The average Bonchev–Trinajstić information content (AvgIpc) is 3.18. The van der Waals surface area contributed by atoms with Crippen LogP contribution in [-0.2, 0) is 6.54 Å². The number of aryl methyl sites for hydroxylation is 1. The molecule has 3 aromatic heterocycles. The number of thiophene rings is 1. The Morgan fingerprint density at radius 3 is 2.82 bits per heavy atom. The predicted molar refractivity (Wildman–Crippen MR) is 91.8 cm³/mol. The van der Waals surface area contributed by atoms with Gasteiger partial charge in [0.05, 0.1) is 21.5 Å². The molecule has 4 nitrogen and oxygen atoms in total. The highest BCUT2D eigenvalue weighted by atomic mass is 35.5. The molecule has 7 heteroatoms. The van der Waals surface area contributed by atoms with Gasteiger partial charge >= 0.3 is 0 Å². The van der Waals surface area contributed by atoms with E-state index in [0.717, 1.165) is 20.3 Å². The number of rotatable bonds is 4. The zero-order valence-corrected chi connectivity index (χ0v) is 14.5. The summed E-state index contributed by atoms with van der Waals surface area (Å²) >= 11 is 9.06. The fourth-order valence-corrected chi connectivity index (χ4v) is 4.12. The van der Waals surface area contributed by atoms with E-state index in [1.807, 2.05) is 31.5 Å². The van der Waals surface area contributed by atoms with Gasteiger partial charge < -0.3 is 9.88 Å². The number of nitrogens with zero attached hydrogens (tertiary/aromatic N) is 2. The molecule has 0 unspecified atom stereocenters. The summed E-state index contributed by atoms with van der Waals surface area (Å²) in [6.45, 7) is 2.51. The Balaban J connectivity index is 1.82. The Bertz CT molecular complexity index is 805. The van der Waals surface area contributed by atoms with E-state index >= 15 is 0 Å². The van der Waals surface area contributed by atoms with E-state index in [1.54, 1.807) is 29.5 Å². The first-order chi connectivity index (χ1) is 10.5. The van der Waals surface area contributed by atoms with E-state index in [0.29, 0.717) is 16.4 Å². The van der Waals surface area contributed by atoms with Gasteiger partial charge in [0.15, 0.2) is 0 Å². The van der Waals surface area contributed by atoms with Crippen molar-refractivity contribution in [2.24, 2.45) is 0 Å². The van der Waals surface area contributed by atoms with Gasteiger partial charge in [-0.05, 0) is 19.1 Å². The smallest absolute Gasteiger partial charge is 0.256 e. The maximum absolute atomic E-state index is 12.7. The number of thiazole rings is 1. The zero-order chi connectivity index (χ0) is 15.7. The summed E-state index contributed by atoms with van der Waals surface area (Å²) in [4.78, 5) is 23.7. The summed E-state index contributed by atoms with van der Waals surface area (Å²) in [6, 6.07) is 3.77. The first-order valence-electron chi connectivity index (χ1n) is 6.64. The van der Waals surface area contributed by atoms with Crippen LogP contribution in [0.3, 0.4) is 0 Å². The Kier molecular flexibility index (Phi) is 4.33. The molecule has 0 bridgehead atoms. The number of H-pyrrole nitrogens is 1. The number of hydrogen-bond acceptors (Lipinski definition) is 4. The molecule has 0 radical (unpaired) electrons. The molecule has 0 atom stereocenters. The number of hydrogen-bond donors (Lipinski definition) is 1. The van der Waals surface area contributed by atoms with Gasteiger partial charge in [-0.25, -0.2) is 4.98 Å². The minimum absolute atomic E-state index is 0.0215. The largest absolute Gasteiger partial charge is 0.366 e. The van der Waals surface area contributed by atoms with Crippen LogP contribution >= 0.6 is 34.3 Å². The van der Waals surface area contributed by atoms with Crippen LogP contribution < -0.4 is 0 Å². The molecule has 3 aromatic rings. The first-order valence-corrected chi connectivity index (χ1v) is 8.65. The van der Waals surface area contributed by atoms with Gasteiger partial charge in [0.2, 0.25) is 0 Å². The molecule has 22 heavy (non-hydrogen) atoms. The number of nitrogens with one attached hydrogen (secondary N) is 1. The van der Waals surface area contributed by atoms with Crippen LogP contribution in [0.5, 0.6) is 0 Å². The van der Waals surface area contributed by atoms with Crippen molar-refractivity contribution in [2.45, 2.75) is 13.5 Å². The van der Waals surface area contributed by atoms with Crippen LogP contribution in [0.2, 0.25) is 4.34 Å². The van der Waals surface area contributed by atoms with Crippen LogP contribution in [0.25, 0.3) is 10.4 Å². The summed E-state index contributed by atoms with van der Waals surface area (Å²) < 4.78 is 0.711. The Hall–Kier alpha value is -1.63. The molecule has 114 valence electrons. The van der Waals surface area contributed by atoms with Crippen LogP contribution in [0.4, 0.5) is 0 Å². The molecule has 3 heterocycles. The van der Waals surface area contributed by atoms with Crippen molar-refractivity contribution in [3.8, 4) is 10.4 Å². The minimum Gasteiger partial charge on any atom is -0.366 e. The van der Waals surface area contributed by atoms with Gasteiger partial charge in [0, 0.05) is 41.0 Å². The number of aromatic amines is 1. The molecule has 0 spiro atoms. The molecular weight excluding hydrogens is 338 g/mol. The Morgan fingerprint density at radius 2 is 2.18 bits per heavy atom. The number of amides is 1. The van der Waals surface area contributed by atoms with Gasteiger partial charge in [0.1, 0.15) is 0 Å². The lowest BCUT2D eigenvalue weighted by Crippen LogP contribution is -2.25. The number of aromatic nitrogens is 2. The lowest BCUT2D eigenvalue weighted by Gasteiger charge is -2.16. The second-order valence-corrected chi connectivity index (χ2v) is 7.93. The summed E-state index contributed by atoms with van der Waals surface area (Å²) in [6.07, 6.45) is 5.39. The van der Waals surface area contributed by atoms with Crippen LogP contribution in [0.1, 0.15) is 20.2 Å². The maximum Gasteiger partial charge on any atom is 0.256 e. The maximum atomic E-state index is 12.7. The molecule has 0 saturated carbocycles. The fraction of sp³-hybridized carbons (Fsp3) is 0.200. The first kappa shape index (κ1) is 15.3. The van der Waals surface area contributed by atoms with E-state index in [-0.39, 0.29) is 5.91 Å². The average molecular weight is 352 g/mol.